The van der Waals surface area contributed by atoms with E-state index in [1.807, 2.05) is 38.1 Å². The predicted molar refractivity (Wildman–Crippen MR) is 85.4 cm³/mol. The zero-order valence-corrected chi connectivity index (χ0v) is 13.3. The molecule has 0 aliphatic carbocycles. The molecule has 22 heavy (non-hydrogen) atoms. The third-order valence-corrected chi connectivity index (χ3v) is 3.90. The normalized spacial score (nSPS) is 13.6. The lowest BCUT2D eigenvalue weighted by Crippen LogP contribution is -2.42. The summed E-state index contributed by atoms with van der Waals surface area (Å²) in [5, 5.41) is 4.09. The summed E-state index contributed by atoms with van der Waals surface area (Å²) in [4.78, 5) is 17.9. The molecule has 1 heterocycles. The molecular weight excluding hydrogens is 278 g/mol. The van der Waals surface area contributed by atoms with Crippen LogP contribution in [0.2, 0.25) is 0 Å². The first-order chi connectivity index (χ1) is 10.5. The maximum absolute atomic E-state index is 12.3. The Hall–Kier alpha value is -2.21. The Morgan fingerprint density at radius 3 is 2.59 bits per heavy atom. The van der Waals surface area contributed by atoms with Crippen LogP contribution in [0.1, 0.15) is 38.3 Å². The topological polar surface area (TPSA) is 77.0 Å². The van der Waals surface area contributed by atoms with Crippen LogP contribution in [0.4, 0.5) is 0 Å². The van der Waals surface area contributed by atoms with E-state index in [9.17, 15) is 4.79 Å². The molecule has 2 atom stereocenters. The number of likely N-dealkylation sites (N-methyl/N-ethyl adjacent to an activating group) is 1. The molecular formula is C16H23N5O. The van der Waals surface area contributed by atoms with Crippen LogP contribution in [0.3, 0.4) is 0 Å². The molecule has 118 valence electrons. The van der Waals surface area contributed by atoms with Gasteiger partial charge in [-0.3, -0.25) is 4.79 Å². The van der Waals surface area contributed by atoms with Crippen LogP contribution in [-0.2, 0) is 4.79 Å². The van der Waals surface area contributed by atoms with Crippen molar-refractivity contribution in [1.29, 1.82) is 0 Å². The summed E-state index contributed by atoms with van der Waals surface area (Å²) >= 11 is 0. The Labute approximate surface area is 130 Å². The van der Waals surface area contributed by atoms with Crippen molar-refractivity contribution in [3.05, 3.63) is 42.5 Å². The largest absolute Gasteiger partial charge is 0.338 e. The van der Waals surface area contributed by atoms with Crippen molar-refractivity contribution in [2.75, 3.05) is 7.05 Å². The second-order valence-electron chi connectivity index (χ2n) is 5.45. The van der Waals surface area contributed by atoms with E-state index < -0.39 is 6.04 Å². The van der Waals surface area contributed by atoms with Gasteiger partial charge in [0.25, 0.3) is 0 Å². The van der Waals surface area contributed by atoms with Crippen LogP contribution in [0.5, 0.6) is 0 Å². The molecule has 0 spiro atoms. The summed E-state index contributed by atoms with van der Waals surface area (Å²) in [6.07, 6.45) is 4.76. The molecule has 2 N–H and O–H groups in total. The predicted octanol–water partition coefficient (Wildman–Crippen LogP) is 1.91. The Kier molecular flexibility index (Phi) is 5.27. The van der Waals surface area contributed by atoms with Gasteiger partial charge in [0.2, 0.25) is 5.91 Å². The minimum absolute atomic E-state index is 0.0188. The summed E-state index contributed by atoms with van der Waals surface area (Å²) in [5.74, 6) is -0.0188. The Balaban J connectivity index is 2.09. The van der Waals surface area contributed by atoms with E-state index in [4.69, 9.17) is 5.73 Å². The van der Waals surface area contributed by atoms with E-state index in [1.165, 1.54) is 6.33 Å². The number of aromatic nitrogens is 3. The highest BCUT2D eigenvalue weighted by atomic mass is 16.2. The van der Waals surface area contributed by atoms with Gasteiger partial charge in [-0.05, 0) is 31.0 Å². The quantitative estimate of drug-likeness (QED) is 0.884. The second-order valence-corrected chi connectivity index (χ2v) is 5.45. The van der Waals surface area contributed by atoms with Crippen molar-refractivity contribution in [2.45, 2.75) is 38.8 Å². The van der Waals surface area contributed by atoms with E-state index in [2.05, 4.69) is 10.1 Å². The molecule has 6 nitrogen and oxygen atoms in total. The van der Waals surface area contributed by atoms with Crippen molar-refractivity contribution in [1.82, 2.24) is 19.7 Å². The lowest BCUT2D eigenvalue weighted by Gasteiger charge is -2.28. The van der Waals surface area contributed by atoms with Gasteiger partial charge >= 0.3 is 0 Å². The van der Waals surface area contributed by atoms with Gasteiger partial charge < -0.3 is 10.6 Å². The van der Waals surface area contributed by atoms with Gasteiger partial charge in [-0.2, -0.15) is 5.10 Å². The first-order valence-corrected chi connectivity index (χ1v) is 7.51. The summed E-state index contributed by atoms with van der Waals surface area (Å²) in [7, 11) is 1.80. The molecule has 0 fully saturated rings. The zero-order valence-electron chi connectivity index (χ0n) is 13.3. The second kappa shape index (κ2) is 7.17. The number of hydrogen-bond acceptors (Lipinski definition) is 4. The van der Waals surface area contributed by atoms with E-state index in [0.717, 1.165) is 17.7 Å². The number of amides is 1. The van der Waals surface area contributed by atoms with Gasteiger partial charge in [-0.1, -0.05) is 25.5 Å². The third kappa shape index (κ3) is 3.51. The molecule has 2 rings (SSSR count). The standard InChI is InChI=1S/C16H23N5O/c1-4-5-15(17)16(22)20(3)12(2)13-6-8-14(9-7-13)21-11-18-10-19-21/h6-12,15H,4-5,17H2,1-3H3. The number of nitrogens with two attached hydrogens (primary N) is 1. The number of hydrogen-bond donors (Lipinski definition) is 1. The molecule has 0 saturated carbocycles. The minimum Gasteiger partial charge on any atom is -0.338 e. The SMILES string of the molecule is CCCC(N)C(=O)N(C)C(C)c1ccc(-n2cncn2)cc1. The van der Waals surface area contributed by atoms with E-state index >= 15 is 0 Å². The smallest absolute Gasteiger partial charge is 0.239 e. The Morgan fingerprint density at radius 1 is 1.36 bits per heavy atom. The van der Waals surface area contributed by atoms with E-state index in [1.54, 1.807) is 23.0 Å². The number of benzene rings is 1. The van der Waals surface area contributed by atoms with E-state index in [-0.39, 0.29) is 11.9 Å². The maximum atomic E-state index is 12.3. The van der Waals surface area contributed by atoms with Gasteiger partial charge in [0, 0.05) is 7.05 Å². The zero-order chi connectivity index (χ0) is 16.1. The highest BCUT2D eigenvalue weighted by Gasteiger charge is 2.22. The highest BCUT2D eigenvalue weighted by Crippen LogP contribution is 2.21. The molecule has 2 aromatic rings. The molecule has 1 aromatic heterocycles. The van der Waals surface area contributed by atoms with Crippen molar-refractivity contribution >= 4 is 5.91 Å². The van der Waals surface area contributed by atoms with Crippen molar-refractivity contribution < 1.29 is 4.79 Å². The van der Waals surface area contributed by atoms with Gasteiger partial charge in [0.05, 0.1) is 17.8 Å². The van der Waals surface area contributed by atoms with Crippen LogP contribution in [0.25, 0.3) is 5.69 Å². The lowest BCUT2D eigenvalue weighted by molar-refractivity contribution is -0.133. The molecule has 0 bridgehead atoms. The third-order valence-electron chi connectivity index (χ3n) is 3.90. The van der Waals surface area contributed by atoms with Crippen LogP contribution >= 0.6 is 0 Å². The fourth-order valence-corrected chi connectivity index (χ4v) is 2.36. The van der Waals surface area contributed by atoms with E-state index in [0.29, 0.717) is 6.42 Å². The fraction of sp³-hybridized carbons (Fsp3) is 0.438. The number of carbonyl (C=O) groups is 1. The van der Waals surface area contributed by atoms with Crippen LogP contribution < -0.4 is 5.73 Å². The van der Waals surface area contributed by atoms with Crippen molar-refractivity contribution in [2.24, 2.45) is 5.73 Å². The van der Waals surface area contributed by atoms with Gasteiger partial charge in [0.15, 0.2) is 0 Å². The van der Waals surface area contributed by atoms with Crippen molar-refractivity contribution in [3.63, 3.8) is 0 Å². The number of rotatable bonds is 6. The molecule has 2 unspecified atom stereocenters. The Bertz CT molecular complexity index is 594. The number of nitrogens with zero attached hydrogens (tertiary/aromatic N) is 4. The minimum atomic E-state index is -0.424. The van der Waals surface area contributed by atoms with Gasteiger partial charge in [-0.25, -0.2) is 9.67 Å². The van der Waals surface area contributed by atoms with Crippen LogP contribution in [0.15, 0.2) is 36.9 Å². The molecule has 0 aliphatic heterocycles. The maximum Gasteiger partial charge on any atom is 0.239 e. The van der Waals surface area contributed by atoms with Crippen LogP contribution in [0, 0.1) is 0 Å². The first kappa shape index (κ1) is 16.2. The van der Waals surface area contributed by atoms with Crippen molar-refractivity contribution in [3.8, 4) is 5.69 Å². The monoisotopic (exact) mass is 301 g/mol. The summed E-state index contributed by atoms with van der Waals surface area (Å²) in [5.41, 5.74) is 7.92. The molecule has 0 aliphatic rings. The van der Waals surface area contributed by atoms with Crippen LogP contribution in [-0.4, -0.2) is 38.7 Å². The Morgan fingerprint density at radius 2 is 2.05 bits per heavy atom. The molecule has 0 saturated heterocycles. The molecule has 6 heteroatoms. The lowest BCUT2D eigenvalue weighted by atomic mass is 10.0. The van der Waals surface area contributed by atoms with Gasteiger partial charge in [0.1, 0.15) is 12.7 Å². The first-order valence-electron chi connectivity index (χ1n) is 7.51. The average molecular weight is 301 g/mol. The molecule has 1 aromatic carbocycles. The summed E-state index contributed by atoms with van der Waals surface area (Å²) in [6, 6.07) is 7.47. The molecule has 1 amide bonds. The summed E-state index contributed by atoms with van der Waals surface area (Å²) < 4.78 is 1.69. The fourth-order valence-electron chi connectivity index (χ4n) is 2.36. The average Bonchev–Trinajstić information content (AvgIpc) is 3.07. The molecule has 0 radical (unpaired) electrons. The number of carbonyl (C=O) groups excluding carboxylic acids is 1. The highest BCUT2D eigenvalue weighted by molar-refractivity contribution is 5.81. The summed E-state index contributed by atoms with van der Waals surface area (Å²) in [6.45, 7) is 4.03. The van der Waals surface area contributed by atoms with Gasteiger partial charge in [-0.15, -0.1) is 0 Å².